The fraction of sp³-hybridized carbons (Fsp3) is 0.231. The van der Waals surface area contributed by atoms with Crippen LogP contribution in [0.3, 0.4) is 0 Å². The topological polar surface area (TPSA) is 49.7 Å². The third-order valence-electron chi connectivity index (χ3n) is 2.62. The Labute approximate surface area is 94.1 Å². The van der Waals surface area contributed by atoms with E-state index in [0.717, 1.165) is 35.4 Å². The Morgan fingerprint density at radius 3 is 2.88 bits per heavy atom. The number of fused-ring (bicyclic) bond motifs is 1. The van der Waals surface area contributed by atoms with E-state index in [2.05, 4.69) is 4.99 Å². The summed E-state index contributed by atoms with van der Waals surface area (Å²) in [5.41, 5.74) is 3.69. The van der Waals surface area contributed by atoms with Crippen molar-refractivity contribution >= 4 is 22.9 Å². The molecule has 0 atom stereocenters. The molecule has 3 heteroatoms. The summed E-state index contributed by atoms with van der Waals surface area (Å²) in [6.45, 7) is 1.97. The number of carbonyl (C=O) groups is 1. The SMILES string of the molecule is CC1=Nc2ccccc2/C(=C/C(=O)O)CC1. The Bertz CT molecular complexity index is 486. The maximum absolute atomic E-state index is 10.8. The average Bonchev–Trinajstić information content (AvgIpc) is 2.38. The smallest absolute Gasteiger partial charge is 0.328 e. The summed E-state index contributed by atoms with van der Waals surface area (Å²) in [4.78, 5) is 15.2. The van der Waals surface area contributed by atoms with Crippen LogP contribution in [0.15, 0.2) is 35.3 Å². The molecule has 0 fully saturated rings. The van der Waals surface area contributed by atoms with Gasteiger partial charge in [-0.25, -0.2) is 4.79 Å². The molecule has 82 valence electrons. The van der Waals surface area contributed by atoms with Crippen LogP contribution in [0.1, 0.15) is 25.3 Å². The molecule has 1 aromatic rings. The summed E-state index contributed by atoms with van der Waals surface area (Å²) in [5, 5.41) is 8.84. The number of rotatable bonds is 1. The highest BCUT2D eigenvalue weighted by atomic mass is 16.4. The molecule has 0 radical (unpaired) electrons. The van der Waals surface area contributed by atoms with Crippen LogP contribution >= 0.6 is 0 Å². The zero-order valence-electron chi connectivity index (χ0n) is 9.10. The minimum absolute atomic E-state index is 0.735. The van der Waals surface area contributed by atoms with Gasteiger partial charge in [0.05, 0.1) is 5.69 Å². The fourth-order valence-corrected chi connectivity index (χ4v) is 1.85. The van der Waals surface area contributed by atoms with Gasteiger partial charge in [-0.2, -0.15) is 0 Å². The van der Waals surface area contributed by atoms with Crippen molar-refractivity contribution in [1.82, 2.24) is 0 Å². The van der Waals surface area contributed by atoms with Gasteiger partial charge in [0.15, 0.2) is 0 Å². The molecule has 1 aliphatic heterocycles. The molecule has 1 heterocycles. The van der Waals surface area contributed by atoms with Crippen LogP contribution in [0.5, 0.6) is 0 Å². The van der Waals surface area contributed by atoms with Gasteiger partial charge in [0.1, 0.15) is 0 Å². The van der Waals surface area contributed by atoms with Gasteiger partial charge in [-0.3, -0.25) is 4.99 Å². The summed E-state index contributed by atoms with van der Waals surface area (Å²) < 4.78 is 0. The van der Waals surface area contributed by atoms with E-state index in [1.165, 1.54) is 6.08 Å². The largest absolute Gasteiger partial charge is 0.478 e. The van der Waals surface area contributed by atoms with E-state index in [9.17, 15) is 4.79 Å². The molecule has 0 unspecified atom stereocenters. The van der Waals surface area contributed by atoms with Crippen molar-refractivity contribution in [2.45, 2.75) is 19.8 Å². The first-order valence-corrected chi connectivity index (χ1v) is 5.24. The molecule has 0 spiro atoms. The van der Waals surface area contributed by atoms with Crippen molar-refractivity contribution in [3.63, 3.8) is 0 Å². The molecule has 0 aromatic heterocycles. The van der Waals surface area contributed by atoms with Gasteiger partial charge >= 0.3 is 5.97 Å². The number of hydrogen-bond donors (Lipinski definition) is 1. The Balaban J connectivity index is 2.54. The summed E-state index contributed by atoms with van der Waals surface area (Å²) >= 11 is 0. The first-order valence-electron chi connectivity index (χ1n) is 5.24. The number of benzene rings is 1. The van der Waals surface area contributed by atoms with Crippen LogP contribution in [0.25, 0.3) is 5.57 Å². The molecule has 1 aliphatic rings. The van der Waals surface area contributed by atoms with Crippen molar-refractivity contribution in [3.05, 3.63) is 35.9 Å². The number of aliphatic carboxylic acids is 1. The van der Waals surface area contributed by atoms with Crippen LogP contribution in [-0.2, 0) is 4.79 Å². The Hall–Kier alpha value is -1.90. The summed E-state index contributed by atoms with van der Waals surface area (Å²) in [6.07, 6.45) is 2.83. The molecular weight excluding hydrogens is 202 g/mol. The van der Waals surface area contributed by atoms with Gasteiger partial charge in [0.2, 0.25) is 0 Å². The molecule has 0 amide bonds. The summed E-state index contributed by atoms with van der Waals surface area (Å²) in [7, 11) is 0. The fourth-order valence-electron chi connectivity index (χ4n) is 1.85. The Morgan fingerprint density at radius 2 is 2.12 bits per heavy atom. The lowest BCUT2D eigenvalue weighted by Gasteiger charge is -2.05. The van der Waals surface area contributed by atoms with Crippen molar-refractivity contribution in [2.75, 3.05) is 0 Å². The molecule has 1 N–H and O–H groups in total. The molecule has 1 aromatic carbocycles. The van der Waals surface area contributed by atoms with Gasteiger partial charge in [-0.15, -0.1) is 0 Å². The van der Waals surface area contributed by atoms with Gasteiger partial charge in [-0.05, 0) is 31.4 Å². The van der Waals surface area contributed by atoms with E-state index >= 15 is 0 Å². The molecular formula is C13H13NO2. The third-order valence-corrected chi connectivity index (χ3v) is 2.62. The second kappa shape index (κ2) is 4.31. The van der Waals surface area contributed by atoms with E-state index in [4.69, 9.17) is 5.11 Å². The van der Waals surface area contributed by atoms with E-state index < -0.39 is 5.97 Å². The summed E-state index contributed by atoms with van der Waals surface area (Å²) in [5.74, 6) is -0.899. The minimum atomic E-state index is -0.899. The van der Waals surface area contributed by atoms with Crippen molar-refractivity contribution in [1.29, 1.82) is 0 Å². The Morgan fingerprint density at radius 1 is 1.38 bits per heavy atom. The molecule has 0 saturated carbocycles. The maximum atomic E-state index is 10.8. The van der Waals surface area contributed by atoms with E-state index in [1.807, 2.05) is 31.2 Å². The standard InChI is InChI=1S/C13H13NO2/c1-9-6-7-10(8-13(15)16)11-4-2-3-5-12(11)14-9/h2-5,8H,6-7H2,1H3,(H,15,16)/b10-8+. The second-order valence-electron chi connectivity index (χ2n) is 3.87. The Kier molecular flexibility index (Phi) is 2.86. The number of hydrogen-bond acceptors (Lipinski definition) is 2. The predicted octanol–water partition coefficient (Wildman–Crippen LogP) is 3.04. The number of nitrogens with zero attached hydrogens (tertiary/aromatic N) is 1. The number of carboxylic acids is 1. The van der Waals surface area contributed by atoms with Gasteiger partial charge in [0.25, 0.3) is 0 Å². The van der Waals surface area contributed by atoms with Crippen LogP contribution in [-0.4, -0.2) is 16.8 Å². The molecule has 16 heavy (non-hydrogen) atoms. The average molecular weight is 215 g/mol. The van der Waals surface area contributed by atoms with Crippen molar-refractivity contribution in [3.8, 4) is 0 Å². The highest BCUT2D eigenvalue weighted by Gasteiger charge is 2.12. The highest BCUT2D eigenvalue weighted by molar-refractivity contribution is 5.96. The zero-order chi connectivity index (χ0) is 11.5. The monoisotopic (exact) mass is 215 g/mol. The van der Waals surface area contributed by atoms with Crippen LogP contribution < -0.4 is 0 Å². The third kappa shape index (κ3) is 2.19. The lowest BCUT2D eigenvalue weighted by molar-refractivity contribution is -0.131. The van der Waals surface area contributed by atoms with Crippen molar-refractivity contribution in [2.24, 2.45) is 4.99 Å². The molecule has 0 saturated heterocycles. The number of allylic oxidation sites excluding steroid dienone is 1. The van der Waals surface area contributed by atoms with Crippen molar-refractivity contribution < 1.29 is 9.90 Å². The number of carboxylic acid groups (broad SMARTS) is 1. The van der Waals surface area contributed by atoms with E-state index in [0.29, 0.717) is 0 Å². The normalized spacial score (nSPS) is 17.6. The quantitative estimate of drug-likeness (QED) is 0.732. The lowest BCUT2D eigenvalue weighted by Crippen LogP contribution is -1.93. The molecule has 3 nitrogen and oxygen atoms in total. The van der Waals surface area contributed by atoms with Crippen LogP contribution in [0, 0.1) is 0 Å². The van der Waals surface area contributed by atoms with Gasteiger partial charge in [0, 0.05) is 17.4 Å². The first kappa shape index (κ1) is 10.6. The predicted molar refractivity (Wildman–Crippen MR) is 64.1 cm³/mol. The highest BCUT2D eigenvalue weighted by Crippen LogP contribution is 2.32. The molecule has 0 aliphatic carbocycles. The zero-order valence-corrected chi connectivity index (χ0v) is 9.10. The number of aliphatic imine (C=N–C) groups is 1. The van der Waals surface area contributed by atoms with E-state index in [-0.39, 0.29) is 0 Å². The maximum Gasteiger partial charge on any atom is 0.328 e. The van der Waals surface area contributed by atoms with Gasteiger partial charge in [-0.1, -0.05) is 18.2 Å². The van der Waals surface area contributed by atoms with E-state index in [1.54, 1.807) is 0 Å². The minimum Gasteiger partial charge on any atom is -0.478 e. The van der Waals surface area contributed by atoms with Crippen LogP contribution in [0.4, 0.5) is 5.69 Å². The molecule has 0 bridgehead atoms. The van der Waals surface area contributed by atoms with Gasteiger partial charge < -0.3 is 5.11 Å². The number of para-hydroxylation sites is 1. The first-order chi connectivity index (χ1) is 7.66. The van der Waals surface area contributed by atoms with Crippen LogP contribution in [0.2, 0.25) is 0 Å². The molecule has 2 rings (SSSR count). The summed E-state index contributed by atoms with van der Waals surface area (Å²) in [6, 6.07) is 7.66. The lowest BCUT2D eigenvalue weighted by atomic mass is 10.00. The second-order valence-corrected chi connectivity index (χ2v) is 3.87.